The lowest BCUT2D eigenvalue weighted by Gasteiger charge is -2.10. The SMILES string of the molecule is CCOc1c(C(=O)NCCI)cccc1[N+](=O)[O-]. The Morgan fingerprint density at radius 2 is 2.28 bits per heavy atom. The summed E-state index contributed by atoms with van der Waals surface area (Å²) in [5, 5.41) is 13.5. The molecule has 1 aromatic rings. The van der Waals surface area contributed by atoms with Gasteiger partial charge in [-0.2, -0.15) is 0 Å². The number of ether oxygens (including phenoxy) is 1. The largest absolute Gasteiger partial charge is 0.487 e. The monoisotopic (exact) mass is 364 g/mol. The fraction of sp³-hybridized carbons (Fsp3) is 0.364. The summed E-state index contributed by atoms with van der Waals surface area (Å²) in [6, 6.07) is 4.31. The molecule has 0 saturated heterocycles. The van der Waals surface area contributed by atoms with Gasteiger partial charge in [-0.05, 0) is 13.0 Å². The molecule has 0 fully saturated rings. The topological polar surface area (TPSA) is 81.5 Å². The average molecular weight is 364 g/mol. The maximum atomic E-state index is 11.9. The first-order valence-electron chi connectivity index (χ1n) is 5.36. The van der Waals surface area contributed by atoms with E-state index in [4.69, 9.17) is 4.74 Å². The number of hydrogen-bond acceptors (Lipinski definition) is 4. The van der Waals surface area contributed by atoms with Crippen LogP contribution in [0.4, 0.5) is 5.69 Å². The molecular weight excluding hydrogens is 351 g/mol. The van der Waals surface area contributed by atoms with Crippen LogP contribution in [0.2, 0.25) is 0 Å². The van der Waals surface area contributed by atoms with Crippen molar-refractivity contribution in [3.8, 4) is 5.75 Å². The Bertz CT molecular complexity index is 451. The highest BCUT2D eigenvalue weighted by molar-refractivity contribution is 14.1. The molecule has 98 valence electrons. The highest BCUT2D eigenvalue weighted by Crippen LogP contribution is 2.30. The number of para-hydroxylation sites is 1. The fourth-order valence-electron chi connectivity index (χ4n) is 1.40. The first kappa shape index (κ1) is 14.7. The van der Waals surface area contributed by atoms with Crippen LogP contribution in [0.1, 0.15) is 17.3 Å². The molecule has 0 aromatic heterocycles. The standard InChI is InChI=1S/C11H13IN2O4/c1-2-18-10-8(11(15)13-7-6-12)4-3-5-9(10)14(16)17/h3-5H,2,6-7H2,1H3,(H,13,15). The summed E-state index contributed by atoms with van der Waals surface area (Å²) in [5.41, 5.74) is -0.00475. The molecule has 1 aromatic carbocycles. The van der Waals surface area contributed by atoms with Crippen LogP contribution in [-0.2, 0) is 0 Å². The summed E-state index contributed by atoms with van der Waals surface area (Å²) in [6.07, 6.45) is 0. The van der Waals surface area contributed by atoms with Crippen LogP contribution < -0.4 is 10.1 Å². The molecule has 0 radical (unpaired) electrons. The van der Waals surface area contributed by atoms with Gasteiger partial charge in [0, 0.05) is 17.0 Å². The maximum absolute atomic E-state index is 11.9. The van der Waals surface area contributed by atoms with Crippen LogP contribution in [0.3, 0.4) is 0 Å². The molecule has 1 rings (SSSR count). The summed E-state index contributed by atoms with van der Waals surface area (Å²) in [4.78, 5) is 22.2. The second-order valence-corrected chi connectivity index (χ2v) is 4.37. The van der Waals surface area contributed by atoms with Crippen molar-refractivity contribution in [2.75, 3.05) is 17.6 Å². The minimum Gasteiger partial charge on any atom is -0.487 e. The summed E-state index contributed by atoms with van der Waals surface area (Å²) in [5.74, 6) is -0.338. The average Bonchev–Trinajstić information content (AvgIpc) is 2.36. The first-order valence-corrected chi connectivity index (χ1v) is 6.88. The van der Waals surface area contributed by atoms with Crippen LogP contribution in [-0.4, -0.2) is 28.4 Å². The van der Waals surface area contributed by atoms with Gasteiger partial charge in [0.05, 0.1) is 17.1 Å². The van der Waals surface area contributed by atoms with Gasteiger partial charge in [0.15, 0.2) is 0 Å². The maximum Gasteiger partial charge on any atom is 0.311 e. The minimum atomic E-state index is -0.555. The predicted molar refractivity (Wildman–Crippen MR) is 75.5 cm³/mol. The lowest BCUT2D eigenvalue weighted by Crippen LogP contribution is -2.25. The van der Waals surface area contributed by atoms with Gasteiger partial charge in [-0.3, -0.25) is 14.9 Å². The van der Waals surface area contributed by atoms with E-state index >= 15 is 0 Å². The Kier molecular flexibility index (Phi) is 5.83. The molecular formula is C11H13IN2O4. The number of rotatable bonds is 6. The number of amides is 1. The predicted octanol–water partition coefficient (Wildman–Crippen LogP) is 2.16. The van der Waals surface area contributed by atoms with Gasteiger partial charge in [0.25, 0.3) is 5.91 Å². The lowest BCUT2D eigenvalue weighted by atomic mass is 10.1. The van der Waals surface area contributed by atoms with Crippen molar-refractivity contribution in [3.05, 3.63) is 33.9 Å². The molecule has 0 spiro atoms. The molecule has 0 saturated carbocycles. The number of carbonyl (C=O) groups is 1. The van der Waals surface area contributed by atoms with E-state index in [2.05, 4.69) is 27.9 Å². The molecule has 7 heteroatoms. The Balaban J connectivity index is 3.13. The van der Waals surface area contributed by atoms with Crippen molar-refractivity contribution in [1.29, 1.82) is 0 Å². The zero-order valence-corrected chi connectivity index (χ0v) is 12.0. The van der Waals surface area contributed by atoms with E-state index in [9.17, 15) is 14.9 Å². The van der Waals surface area contributed by atoms with E-state index in [-0.39, 0.29) is 29.5 Å². The lowest BCUT2D eigenvalue weighted by molar-refractivity contribution is -0.385. The Labute approximate surface area is 118 Å². The van der Waals surface area contributed by atoms with Crippen molar-refractivity contribution >= 4 is 34.2 Å². The van der Waals surface area contributed by atoms with E-state index in [0.29, 0.717) is 6.54 Å². The molecule has 0 aliphatic heterocycles. The minimum absolute atomic E-state index is 0.0240. The van der Waals surface area contributed by atoms with E-state index in [1.165, 1.54) is 18.2 Å². The molecule has 1 amide bonds. The van der Waals surface area contributed by atoms with Crippen molar-refractivity contribution in [3.63, 3.8) is 0 Å². The smallest absolute Gasteiger partial charge is 0.311 e. The highest BCUT2D eigenvalue weighted by atomic mass is 127. The zero-order chi connectivity index (χ0) is 13.5. The highest BCUT2D eigenvalue weighted by Gasteiger charge is 2.22. The van der Waals surface area contributed by atoms with Gasteiger partial charge in [0.2, 0.25) is 5.75 Å². The first-order chi connectivity index (χ1) is 8.61. The van der Waals surface area contributed by atoms with Gasteiger partial charge in [0.1, 0.15) is 0 Å². The van der Waals surface area contributed by atoms with Gasteiger partial charge in [-0.15, -0.1) is 0 Å². The number of hydrogen-bond donors (Lipinski definition) is 1. The third-order valence-electron chi connectivity index (χ3n) is 2.10. The second kappa shape index (κ2) is 7.14. The summed E-state index contributed by atoms with van der Waals surface area (Å²) in [7, 11) is 0. The van der Waals surface area contributed by atoms with Gasteiger partial charge < -0.3 is 10.1 Å². The van der Waals surface area contributed by atoms with E-state index in [1.807, 2.05) is 0 Å². The summed E-state index contributed by atoms with van der Waals surface area (Å²) in [6.45, 7) is 2.48. The molecule has 1 N–H and O–H groups in total. The number of carbonyl (C=O) groups excluding carboxylic acids is 1. The van der Waals surface area contributed by atoms with E-state index in [0.717, 1.165) is 4.43 Å². The quantitative estimate of drug-likeness (QED) is 0.363. The van der Waals surface area contributed by atoms with E-state index in [1.54, 1.807) is 6.92 Å². The number of nitro groups is 1. The van der Waals surface area contributed by atoms with Crippen LogP contribution in [0.15, 0.2) is 18.2 Å². The van der Waals surface area contributed by atoms with E-state index < -0.39 is 4.92 Å². The molecule has 0 aliphatic carbocycles. The van der Waals surface area contributed by atoms with Crippen LogP contribution in [0.5, 0.6) is 5.75 Å². The number of nitrogens with one attached hydrogen (secondary N) is 1. The van der Waals surface area contributed by atoms with Crippen LogP contribution in [0, 0.1) is 10.1 Å². The molecule has 18 heavy (non-hydrogen) atoms. The van der Waals surface area contributed by atoms with Gasteiger partial charge in [-0.1, -0.05) is 28.7 Å². The van der Waals surface area contributed by atoms with Crippen LogP contribution >= 0.6 is 22.6 Å². The molecule has 0 atom stereocenters. The molecule has 0 heterocycles. The third-order valence-corrected chi connectivity index (χ3v) is 2.64. The Morgan fingerprint density at radius 3 is 2.83 bits per heavy atom. The third kappa shape index (κ3) is 3.56. The number of benzene rings is 1. The number of halogens is 1. The van der Waals surface area contributed by atoms with Gasteiger partial charge in [-0.25, -0.2) is 0 Å². The van der Waals surface area contributed by atoms with Crippen molar-refractivity contribution < 1.29 is 14.5 Å². The normalized spacial score (nSPS) is 9.89. The van der Waals surface area contributed by atoms with Crippen molar-refractivity contribution in [2.45, 2.75) is 6.92 Å². The zero-order valence-electron chi connectivity index (χ0n) is 9.81. The van der Waals surface area contributed by atoms with Gasteiger partial charge >= 0.3 is 5.69 Å². The molecule has 0 bridgehead atoms. The number of nitrogens with zero attached hydrogens (tertiary/aromatic N) is 1. The Hall–Kier alpha value is -1.38. The number of alkyl halides is 1. The fourth-order valence-corrected chi connectivity index (χ4v) is 1.67. The summed E-state index contributed by atoms with van der Waals surface area (Å²) >= 11 is 2.13. The summed E-state index contributed by atoms with van der Waals surface area (Å²) < 4.78 is 5.99. The van der Waals surface area contributed by atoms with Crippen LogP contribution in [0.25, 0.3) is 0 Å². The molecule has 6 nitrogen and oxygen atoms in total. The molecule has 0 aliphatic rings. The van der Waals surface area contributed by atoms with Crippen molar-refractivity contribution in [2.24, 2.45) is 0 Å². The second-order valence-electron chi connectivity index (χ2n) is 3.29. The van der Waals surface area contributed by atoms with Crippen molar-refractivity contribution in [1.82, 2.24) is 5.32 Å². The molecule has 0 unspecified atom stereocenters. The Morgan fingerprint density at radius 1 is 1.56 bits per heavy atom. The number of nitro benzene ring substituents is 1.